The number of allylic oxidation sites excluding steroid dienone is 3. The van der Waals surface area contributed by atoms with E-state index >= 15 is 0 Å². The maximum Gasteiger partial charge on any atom is 0.416 e. The zero-order chi connectivity index (χ0) is 25.0. The highest BCUT2D eigenvalue weighted by molar-refractivity contribution is 5.75. The first-order chi connectivity index (χ1) is 15.9. The number of rotatable bonds is 7. The molecule has 0 radical (unpaired) electrons. The van der Waals surface area contributed by atoms with Crippen LogP contribution in [-0.2, 0) is 28.5 Å². The van der Waals surface area contributed by atoms with Crippen molar-refractivity contribution in [3.8, 4) is 0 Å². The molecule has 2 N–H and O–H groups in total. The number of nitrogens with one attached hydrogen (secondary N) is 2. The molecule has 1 aromatic carbocycles. The van der Waals surface area contributed by atoms with Crippen molar-refractivity contribution >= 4 is 5.91 Å². The zero-order valence-electron chi connectivity index (χ0n) is 18.8. The summed E-state index contributed by atoms with van der Waals surface area (Å²) < 4.78 is 84.6. The summed E-state index contributed by atoms with van der Waals surface area (Å²) in [6, 6.07) is 1.43. The molecular formula is C24H28F6N2O2. The van der Waals surface area contributed by atoms with Crippen molar-refractivity contribution in [1.29, 1.82) is 0 Å². The molecule has 4 nitrogen and oxygen atoms in total. The number of ether oxygens (including phenoxy) is 1. The third-order valence-corrected chi connectivity index (χ3v) is 6.19. The van der Waals surface area contributed by atoms with Crippen LogP contribution in [0.15, 0.2) is 42.0 Å². The van der Waals surface area contributed by atoms with E-state index in [1.165, 1.54) is 0 Å². The second-order valence-electron chi connectivity index (χ2n) is 8.69. The normalized spacial score (nSPS) is 23.5. The fourth-order valence-electron chi connectivity index (χ4n) is 4.32. The standard InChI is InChI=1S/C24H28F6N2O2/c1-2-21(33)32-20-8-9-22(31-13-20,17-6-4-3-5-7-17)15-34-14-16-10-18(23(25,26)27)12-19(11-16)24(28,29)30/h3-4,6,10-12,20,31H,2,5,7-9,13-15H2,1H3,(H,32,33)/t20?,22-/m1/s1. The number of hydrogen-bond donors (Lipinski definition) is 2. The molecule has 10 heteroatoms. The van der Waals surface area contributed by atoms with Gasteiger partial charge < -0.3 is 15.4 Å². The first-order valence-electron chi connectivity index (χ1n) is 11.2. The number of halogens is 6. The third kappa shape index (κ3) is 6.63. The van der Waals surface area contributed by atoms with Gasteiger partial charge in [-0.1, -0.05) is 25.2 Å². The van der Waals surface area contributed by atoms with E-state index < -0.39 is 35.6 Å². The fourth-order valence-corrected chi connectivity index (χ4v) is 4.32. The molecule has 1 heterocycles. The molecule has 2 atom stereocenters. The van der Waals surface area contributed by atoms with E-state index in [0.717, 1.165) is 18.4 Å². The Kier molecular flexibility index (Phi) is 8.13. The summed E-state index contributed by atoms with van der Waals surface area (Å²) in [6.45, 7) is 1.94. The molecule has 0 aromatic heterocycles. The smallest absolute Gasteiger partial charge is 0.375 e. The van der Waals surface area contributed by atoms with Gasteiger partial charge in [0.25, 0.3) is 0 Å². The predicted molar refractivity (Wildman–Crippen MR) is 115 cm³/mol. The quantitative estimate of drug-likeness (QED) is 0.494. The highest BCUT2D eigenvalue weighted by Crippen LogP contribution is 2.37. The van der Waals surface area contributed by atoms with Gasteiger partial charge in [0.15, 0.2) is 0 Å². The molecule has 1 aliphatic carbocycles. The lowest BCUT2D eigenvalue weighted by Gasteiger charge is -2.43. The minimum atomic E-state index is -4.90. The van der Waals surface area contributed by atoms with Gasteiger partial charge in [-0.3, -0.25) is 4.79 Å². The molecule has 0 saturated carbocycles. The van der Waals surface area contributed by atoms with Crippen LogP contribution >= 0.6 is 0 Å². The van der Waals surface area contributed by atoms with Crippen LogP contribution in [0.3, 0.4) is 0 Å². The Morgan fingerprint density at radius 3 is 2.32 bits per heavy atom. The largest absolute Gasteiger partial charge is 0.416 e. The van der Waals surface area contributed by atoms with Crippen LogP contribution in [0, 0.1) is 0 Å². The highest BCUT2D eigenvalue weighted by atomic mass is 19.4. The molecule has 2 aliphatic rings. The van der Waals surface area contributed by atoms with Crippen molar-refractivity contribution in [3.63, 3.8) is 0 Å². The van der Waals surface area contributed by atoms with Crippen LogP contribution in [0.2, 0.25) is 0 Å². The molecule has 188 valence electrons. The molecule has 1 aliphatic heterocycles. The van der Waals surface area contributed by atoms with Gasteiger partial charge in [0.1, 0.15) is 0 Å². The van der Waals surface area contributed by atoms with E-state index in [1.807, 2.05) is 18.2 Å². The van der Waals surface area contributed by atoms with Crippen molar-refractivity contribution in [1.82, 2.24) is 10.6 Å². The van der Waals surface area contributed by atoms with E-state index in [0.29, 0.717) is 37.9 Å². The maximum absolute atomic E-state index is 13.1. The van der Waals surface area contributed by atoms with Crippen molar-refractivity contribution in [3.05, 3.63) is 58.7 Å². The topological polar surface area (TPSA) is 50.4 Å². The van der Waals surface area contributed by atoms with Gasteiger partial charge in [0, 0.05) is 19.0 Å². The summed E-state index contributed by atoms with van der Waals surface area (Å²) in [5.41, 5.74) is -2.46. The highest BCUT2D eigenvalue weighted by Gasteiger charge is 2.39. The lowest BCUT2D eigenvalue weighted by molar-refractivity contribution is -0.143. The summed E-state index contributed by atoms with van der Waals surface area (Å²) in [4.78, 5) is 11.7. The first-order valence-corrected chi connectivity index (χ1v) is 11.2. The zero-order valence-corrected chi connectivity index (χ0v) is 18.8. The Balaban J connectivity index is 1.75. The summed E-state index contributed by atoms with van der Waals surface area (Å²) >= 11 is 0. The van der Waals surface area contributed by atoms with Crippen molar-refractivity contribution in [2.24, 2.45) is 0 Å². The van der Waals surface area contributed by atoms with Crippen LogP contribution in [0.1, 0.15) is 55.7 Å². The Hall–Kier alpha value is -2.33. The molecule has 34 heavy (non-hydrogen) atoms. The lowest BCUT2D eigenvalue weighted by Crippen LogP contribution is -2.60. The van der Waals surface area contributed by atoms with Gasteiger partial charge in [-0.2, -0.15) is 26.3 Å². The molecule has 1 amide bonds. The van der Waals surface area contributed by atoms with Crippen molar-refractivity contribution in [2.75, 3.05) is 13.2 Å². The Morgan fingerprint density at radius 1 is 1.15 bits per heavy atom. The molecular weight excluding hydrogens is 462 g/mol. The summed E-state index contributed by atoms with van der Waals surface area (Å²) in [5.74, 6) is -0.0552. The van der Waals surface area contributed by atoms with Crippen LogP contribution in [-0.4, -0.2) is 30.6 Å². The Labute approximate surface area is 194 Å². The van der Waals surface area contributed by atoms with E-state index in [2.05, 4.69) is 10.6 Å². The van der Waals surface area contributed by atoms with Gasteiger partial charge in [-0.25, -0.2) is 0 Å². The average molecular weight is 490 g/mol. The van der Waals surface area contributed by atoms with Crippen LogP contribution in [0.5, 0.6) is 0 Å². The molecule has 1 aromatic rings. The van der Waals surface area contributed by atoms with Crippen LogP contribution < -0.4 is 10.6 Å². The van der Waals surface area contributed by atoms with E-state index in [-0.39, 0.29) is 30.2 Å². The molecule has 3 rings (SSSR count). The number of carbonyl (C=O) groups excluding carboxylic acids is 1. The van der Waals surface area contributed by atoms with Crippen LogP contribution in [0.25, 0.3) is 0 Å². The van der Waals surface area contributed by atoms with Gasteiger partial charge in [-0.15, -0.1) is 0 Å². The maximum atomic E-state index is 13.1. The predicted octanol–water partition coefficient (Wildman–Crippen LogP) is 5.53. The first kappa shape index (κ1) is 26.3. The Bertz CT molecular complexity index is 896. The monoisotopic (exact) mass is 490 g/mol. The van der Waals surface area contributed by atoms with E-state index in [1.54, 1.807) is 6.92 Å². The fraction of sp³-hybridized carbons (Fsp3) is 0.542. The number of piperidine rings is 1. The van der Waals surface area contributed by atoms with Gasteiger partial charge in [0.05, 0.1) is 29.9 Å². The Morgan fingerprint density at radius 2 is 1.82 bits per heavy atom. The number of amides is 1. The molecule has 1 fully saturated rings. The second kappa shape index (κ2) is 10.5. The van der Waals surface area contributed by atoms with E-state index in [9.17, 15) is 31.1 Å². The molecule has 0 spiro atoms. The summed E-state index contributed by atoms with van der Waals surface area (Å²) in [5, 5.41) is 6.38. The van der Waals surface area contributed by atoms with E-state index in [4.69, 9.17) is 4.74 Å². The average Bonchev–Trinajstić information content (AvgIpc) is 2.79. The minimum absolute atomic E-state index is 0.0552. The van der Waals surface area contributed by atoms with Crippen molar-refractivity contribution in [2.45, 2.75) is 69.6 Å². The SMILES string of the molecule is CCC(=O)NC1CC[C@@](COCc2cc(C(F)(F)F)cc(C(F)(F)F)c2)(C2=CC=CCC2)NC1. The van der Waals surface area contributed by atoms with Gasteiger partial charge >= 0.3 is 12.4 Å². The summed E-state index contributed by atoms with van der Waals surface area (Å²) in [6.07, 6.45) is -0.647. The number of alkyl halides is 6. The number of carbonyl (C=O) groups is 1. The van der Waals surface area contributed by atoms with Gasteiger partial charge in [-0.05, 0) is 55.0 Å². The molecule has 1 saturated heterocycles. The second-order valence-corrected chi connectivity index (χ2v) is 8.69. The molecule has 0 bridgehead atoms. The number of benzene rings is 1. The minimum Gasteiger partial charge on any atom is -0.375 e. The lowest BCUT2D eigenvalue weighted by atomic mass is 9.78. The van der Waals surface area contributed by atoms with Gasteiger partial charge in [0.2, 0.25) is 5.91 Å². The van der Waals surface area contributed by atoms with Crippen molar-refractivity contribution < 1.29 is 35.9 Å². The molecule has 1 unspecified atom stereocenters. The number of hydrogen-bond acceptors (Lipinski definition) is 3. The third-order valence-electron chi connectivity index (χ3n) is 6.19. The summed E-state index contributed by atoms with van der Waals surface area (Å²) in [7, 11) is 0. The van der Waals surface area contributed by atoms with Crippen LogP contribution in [0.4, 0.5) is 26.3 Å².